The summed E-state index contributed by atoms with van der Waals surface area (Å²) in [6, 6.07) is 0. The minimum atomic E-state index is -1.85. The maximum atomic E-state index is 14.7. The summed E-state index contributed by atoms with van der Waals surface area (Å²) in [4.78, 5) is 25.3. The van der Waals surface area contributed by atoms with Crippen molar-refractivity contribution in [3.63, 3.8) is 0 Å². The van der Waals surface area contributed by atoms with Gasteiger partial charge in [-0.05, 0) is 25.7 Å². The summed E-state index contributed by atoms with van der Waals surface area (Å²) in [5, 5.41) is 20.7. The Labute approximate surface area is 118 Å². The molecule has 8 heteroatoms. The van der Waals surface area contributed by atoms with E-state index in [1.807, 2.05) is 0 Å². The van der Waals surface area contributed by atoms with E-state index in [0.717, 1.165) is 4.57 Å². The molecule has 0 unspecified atom stereocenters. The molecule has 3 N–H and O–H groups in total. The zero-order chi connectivity index (χ0) is 15.2. The molecule has 7 nitrogen and oxygen atoms in total. The fraction of sp³-hybridized carbons (Fsp3) is 0.692. The lowest BCUT2D eigenvalue weighted by Gasteiger charge is -2.26. The van der Waals surface area contributed by atoms with E-state index in [4.69, 9.17) is 4.74 Å². The highest BCUT2D eigenvalue weighted by molar-refractivity contribution is 5.27. The minimum absolute atomic E-state index is 0.114. The SMILES string of the molecule is Cc1cn([C@H]2O[C@@H]3[C@@]4(O)C[C@H]4C[C@]3(O)[C@@H]2F)c(=O)[nH]c1=O. The molecule has 3 aliphatic rings. The summed E-state index contributed by atoms with van der Waals surface area (Å²) in [5.74, 6) is -0.152. The van der Waals surface area contributed by atoms with Crippen LogP contribution in [-0.2, 0) is 4.74 Å². The molecule has 1 aromatic heterocycles. The molecule has 21 heavy (non-hydrogen) atoms. The van der Waals surface area contributed by atoms with Gasteiger partial charge in [0.25, 0.3) is 5.56 Å². The number of aromatic amines is 1. The van der Waals surface area contributed by atoms with Gasteiger partial charge in [-0.15, -0.1) is 0 Å². The highest BCUT2D eigenvalue weighted by Crippen LogP contribution is 2.65. The Hall–Kier alpha value is -1.51. The van der Waals surface area contributed by atoms with Gasteiger partial charge in [-0.2, -0.15) is 0 Å². The lowest BCUT2D eigenvalue weighted by atomic mass is 9.91. The van der Waals surface area contributed by atoms with Crippen molar-refractivity contribution >= 4 is 0 Å². The second kappa shape index (κ2) is 3.63. The quantitative estimate of drug-likeness (QED) is 0.615. The van der Waals surface area contributed by atoms with Crippen molar-refractivity contribution in [2.24, 2.45) is 5.92 Å². The summed E-state index contributed by atoms with van der Waals surface area (Å²) in [6.45, 7) is 1.48. The average Bonchev–Trinajstić information content (AvgIpc) is 2.88. The van der Waals surface area contributed by atoms with Gasteiger partial charge in [-0.25, -0.2) is 9.18 Å². The number of aliphatic hydroxyl groups is 2. The third-order valence-corrected chi connectivity index (χ3v) is 5.03. The molecular weight excluding hydrogens is 283 g/mol. The van der Waals surface area contributed by atoms with Crippen molar-refractivity contribution in [3.05, 3.63) is 32.6 Å². The number of hydrogen-bond donors (Lipinski definition) is 3. The monoisotopic (exact) mass is 298 g/mol. The van der Waals surface area contributed by atoms with E-state index in [0.29, 0.717) is 6.42 Å². The summed E-state index contributed by atoms with van der Waals surface area (Å²) in [5.41, 5.74) is -4.11. The maximum Gasteiger partial charge on any atom is 0.330 e. The lowest BCUT2D eigenvalue weighted by Crippen LogP contribution is -2.47. The molecule has 4 rings (SSSR count). The number of H-pyrrole nitrogens is 1. The molecule has 2 heterocycles. The Bertz CT molecular complexity index is 745. The molecule has 3 fully saturated rings. The lowest BCUT2D eigenvalue weighted by molar-refractivity contribution is -0.108. The highest BCUT2D eigenvalue weighted by Gasteiger charge is 2.78. The molecule has 0 aromatic carbocycles. The van der Waals surface area contributed by atoms with Crippen molar-refractivity contribution < 1.29 is 19.3 Å². The fourth-order valence-electron chi connectivity index (χ4n) is 3.77. The number of hydrogen-bond acceptors (Lipinski definition) is 5. The molecular formula is C13H15FN2O5. The summed E-state index contributed by atoms with van der Waals surface area (Å²) in [6.07, 6.45) is -2.45. The van der Waals surface area contributed by atoms with Crippen LogP contribution in [-0.4, -0.2) is 43.2 Å². The summed E-state index contributed by atoms with van der Waals surface area (Å²) < 4.78 is 21.1. The molecule has 0 amide bonds. The van der Waals surface area contributed by atoms with Crippen LogP contribution >= 0.6 is 0 Å². The number of halogens is 1. The van der Waals surface area contributed by atoms with Gasteiger partial charge in [0, 0.05) is 11.8 Å². The third-order valence-electron chi connectivity index (χ3n) is 5.03. The second-order valence-electron chi connectivity index (χ2n) is 6.37. The molecule has 2 aliphatic carbocycles. The van der Waals surface area contributed by atoms with Gasteiger partial charge in [0.1, 0.15) is 11.7 Å². The van der Waals surface area contributed by atoms with Crippen LogP contribution < -0.4 is 11.2 Å². The number of alkyl halides is 1. The second-order valence-corrected chi connectivity index (χ2v) is 6.37. The van der Waals surface area contributed by atoms with E-state index in [9.17, 15) is 24.2 Å². The Morgan fingerprint density at radius 1 is 1.38 bits per heavy atom. The van der Waals surface area contributed by atoms with Crippen LogP contribution in [0, 0.1) is 12.8 Å². The summed E-state index contributed by atoms with van der Waals surface area (Å²) >= 11 is 0. The fourth-order valence-corrected chi connectivity index (χ4v) is 3.77. The van der Waals surface area contributed by atoms with Gasteiger partial charge in [0.15, 0.2) is 12.4 Å². The van der Waals surface area contributed by atoms with Crippen molar-refractivity contribution in [2.75, 3.05) is 0 Å². The van der Waals surface area contributed by atoms with Gasteiger partial charge in [-0.1, -0.05) is 0 Å². The number of fused-ring (bicyclic) bond motifs is 3. The van der Waals surface area contributed by atoms with Crippen LogP contribution in [0.25, 0.3) is 0 Å². The maximum absolute atomic E-state index is 14.7. The average molecular weight is 298 g/mol. The van der Waals surface area contributed by atoms with Crippen molar-refractivity contribution in [1.82, 2.24) is 9.55 Å². The Morgan fingerprint density at radius 3 is 2.71 bits per heavy atom. The van der Waals surface area contributed by atoms with Gasteiger partial charge in [-0.3, -0.25) is 14.3 Å². The zero-order valence-corrected chi connectivity index (χ0v) is 11.2. The van der Waals surface area contributed by atoms with Gasteiger partial charge < -0.3 is 14.9 Å². The molecule has 1 aliphatic heterocycles. The van der Waals surface area contributed by atoms with Crippen LogP contribution in [0.5, 0.6) is 0 Å². The van der Waals surface area contributed by atoms with E-state index in [2.05, 4.69) is 4.98 Å². The van der Waals surface area contributed by atoms with Crippen LogP contribution in [0.4, 0.5) is 4.39 Å². The number of aromatic nitrogens is 2. The minimum Gasteiger partial charge on any atom is -0.387 e. The number of rotatable bonds is 1. The largest absolute Gasteiger partial charge is 0.387 e. The van der Waals surface area contributed by atoms with Crippen molar-refractivity contribution in [1.29, 1.82) is 0 Å². The van der Waals surface area contributed by atoms with E-state index < -0.39 is 41.0 Å². The topological polar surface area (TPSA) is 105 Å². The zero-order valence-electron chi connectivity index (χ0n) is 11.2. The predicted molar refractivity (Wildman–Crippen MR) is 67.5 cm³/mol. The number of nitrogens with one attached hydrogen (secondary N) is 1. The van der Waals surface area contributed by atoms with E-state index in [-0.39, 0.29) is 17.9 Å². The first-order chi connectivity index (χ1) is 9.77. The van der Waals surface area contributed by atoms with Crippen molar-refractivity contribution in [3.8, 4) is 0 Å². The Balaban J connectivity index is 1.77. The smallest absolute Gasteiger partial charge is 0.330 e. The van der Waals surface area contributed by atoms with Gasteiger partial charge >= 0.3 is 5.69 Å². The van der Waals surface area contributed by atoms with Crippen molar-refractivity contribution in [2.45, 2.75) is 49.5 Å². The number of ether oxygens (including phenoxy) is 1. The molecule has 0 spiro atoms. The first-order valence-corrected chi connectivity index (χ1v) is 6.84. The molecule has 6 atom stereocenters. The third kappa shape index (κ3) is 1.47. The molecule has 1 saturated heterocycles. The highest BCUT2D eigenvalue weighted by atomic mass is 19.1. The van der Waals surface area contributed by atoms with E-state index in [1.165, 1.54) is 13.1 Å². The van der Waals surface area contributed by atoms with E-state index >= 15 is 0 Å². The molecule has 1 aromatic rings. The number of aryl methyl sites for hydroxylation is 1. The van der Waals surface area contributed by atoms with Crippen LogP contribution in [0.2, 0.25) is 0 Å². The van der Waals surface area contributed by atoms with Gasteiger partial charge in [0.05, 0.1) is 5.60 Å². The predicted octanol–water partition coefficient (Wildman–Crippen LogP) is -1.03. The summed E-state index contributed by atoms with van der Waals surface area (Å²) in [7, 11) is 0. The van der Waals surface area contributed by atoms with Crippen LogP contribution in [0.3, 0.4) is 0 Å². The van der Waals surface area contributed by atoms with Crippen LogP contribution in [0.15, 0.2) is 15.8 Å². The first kappa shape index (κ1) is 13.2. The molecule has 0 bridgehead atoms. The molecule has 0 radical (unpaired) electrons. The standard InChI is InChI=1S/C13H15FN2O5/c1-5-4-16(11(18)15-8(5)17)9-7(14)13(20)3-6-2-12(6,19)10(13)21-9/h4,6-7,9-10,19-20H,2-3H2,1H3,(H,15,17,18)/t6-,7+,9-,10+,12+,13-/m0/s1. The van der Waals surface area contributed by atoms with Crippen LogP contribution in [0.1, 0.15) is 24.6 Å². The molecule has 114 valence electrons. The first-order valence-electron chi connectivity index (χ1n) is 6.84. The van der Waals surface area contributed by atoms with Gasteiger partial charge in [0.2, 0.25) is 0 Å². The normalized spacial score (nSPS) is 47.2. The Kier molecular flexibility index (Phi) is 2.28. The van der Waals surface area contributed by atoms with E-state index in [1.54, 1.807) is 0 Å². The molecule has 2 saturated carbocycles. The Morgan fingerprint density at radius 2 is 2.05 bits per heavy atom. The number of nitrogens with zero attached hydrogens (tertiary/aromatic N) is 1.